The highest BCUT2D eigenvalue weighted by Crippen LogP contribution is 2.31. The zero-order chi connectivity index (χ0) is 25.2. The Kier molecular flexibility index (Phi) is 7.05. The normalized spacial score (nSPS) is 11.7. The highest BCUT2D eigenvalue weighted by atomic mass is 19.4. The van der Waals surface area contributed by atoms with Crippen molar-refractivity contribution in [2.24, 2.45) is 0 Å². The first-order valence-electron chi connectivity index (χ1n) is 11.2. The number of benzene rings is 4. The highest BCUT2D eigenvalue weighted by molar-refractivity contribution is 5.88. The Morgan fingerprint density at radius 1 is 0.714 bits per heavy atom. The van der Waals surface area contributed by atoms with Crippen LogP contribution in [0.3, 0.4) is 0 Å². The zero-order valence-electron chi connectivity index (χ0n) is 18.9. The Morgan fingerprint density at radius 3 is 2.11 bits per heavy atom. The summed E-state index contributed by atoms with van der Waals surface area (Å²) >= 11 is 0. The number of aryl methyl sites for hydroxylation is 3. The number of ether oxygens (including phenoxy) is 1. The second-order valence-electron chi connectivity index (χ2n) is 8.35. The third-order valence-electron chi connectivity index (χ3n) is 5.82. The van der Waals surface area contributed by atoms with Crippen LogP contribution in [0.25, 0.3) is 21.9 Å². The molecule has 0 fully saturated rings. The fraction of sp³-hybridized carbons (Fsp3) is 0.214. The Balaban J connectivity index is 1.53. The number of hydrogen-bond acceptors (Lipinski definition) is 1. The van der Waals surface area contributed by atoms with E-state index in [1.54, 1.807) is 36.4 Å². The van der Waals surface area contributed by atoms with E-state index in [1.165, 1.54) is 12.1 Å². The van der Waals surface area contributed by atoms with Gasteiger partial charge in [-0.15, -0.1) is 13.2 Å². The van der Waals surface area contributed by atoms with Gasteiger partial charge in [0.05, 0.1) is 0 Å². The van der Waals surface area contributed by atoms with Gasteiger partial charge in [-0.3, -0.25) is 0 Å². The fourth-order valence-corrected chi connectivity index (χ4v) is 4.12. The van der Waals surface area contributed by atoms with Crippen molar-refractivity contribution in [3.8, 4) is 16.9 Å². The number of rotatable bonds is 7. The molecule has 4 aromatic rings. The molecule has 1 nitrogen and oxygen atoms in total. The second-order valence-corrected chi connectivity index (χ2v) is 8.35. The Bertz CT molecular complexity index is 1360. The van der Waals surface area contributed by atoms with Crippen LogP contribution >= 0.6 is 0 Å². The van der Waals surface area contributed by atoms with Crippen LogP contribution in [0, 0.1) is 17.5 Å². The monoisotopic (exact) mass is 488 g/mol. The van der Waals surface area contributed by atoms with Crippen LogP contribution in [-0.2, 0) is 19.3 Å². The summed E-state index contributed by atoms with van der Waals surface area (Å²) in [7, 11) is 0. The predicted molar refractivity (Wildman–Crippen MR) is 124 cm³/mol. The molecule has 182 valence electrons. The van der Waals surface area contributed by atoms with Gasteiger partial charge in [0.25, 0.3) is 0 Å². The van der Waals surface area contributed by atoms with Crippen molar-refractivity contribution in [2.45, 2.75) is 39.0 Å². The van der Waals surface area contributed by atoms with Crippen LogP contribution in [-0.4, -0.2) is 6.36 Å². The SMILES string of the molecule is CCCc1ccc(-c2ccc3c(F)c(CCc4ccc(OC(F)(F)F)c(F)c4)ccc3c2)c(F)c1. The van der Waals surface area contributed by atoms with Crippen molar-refractivity contribution in [1.82, 2.24) is 0 Å². The van der Waals surface area contributed by atoms with Gasteiger partial charge in [0, 0.05) is 10.9 Å². The van der Waals surface area contributed by atoms with Crippen molar-refractivity contribution >= 4 is 10.8 Å². The average molecular weight is 488 g/mol. The minimum absolute atomic E-state index is 0.218. The van der Waals surface area contributed by atoms with E-state index in [0.29, 0.717) is 33.0 Å². The van der Waals surface area contributed by atoms with Gasteiger partial charge in [-0.2, -0.15) is 0 Å². The van der Waals surface area contributed by atoms with E-state index in [4.69, 9.17) is 0 Å². The maximum Gasteiger partial charge on any atom is 0.573 e. The molecule has 0 unspecified atom stereocenters. The van der Waals surface area contributed by atoms with Crippen LogP contribution in [0.4, 0.5) is 26.3 Å². The van der Waals surface area contributed by atoms with Gasteiger partial charge in [-0.1, -0.05) is 55.8 Å². The lowest BCUT2D eigenvalue weighted by atomic mass is 9.96. The topological polar surface area (TPSA) is 9.23 Å². The Labute approximate surface area is 199 Å². The van der Waals surface area contributed by atoms with E-state index in [1.807, 2.05) is 13.0 Å². The molecular weight excluding hydrogens is 466 g/mol. The summed E-state index contributed by atoms with van der Waals surface area (Å²) in [5.41, 5.74) is 2.80. The molecule has 0 aromatic heterocycles. The first-order valence-corrected chi connectivity index (χ1v) is 11.2. The Morgan fingerprint density at radius 2 is 1.43 bits per heavy atom. The summed E-state index contributed by atoms with van der Waals surface area (Å²) in [6.07, 6.45) is -2.83. The lowest BCUT2D eigenvalue weighted by Crippen LogP contribution is -2.18. The number of hydrogen-bond donors (Lipinski definition) is 0. The number of alkyl halides is 3. The Hall–Kier alpha value is -3.48. The average Bonchev–Trinajstić information content (AvgIpc) is 2.80. The minimum atomic E-state index is -4.99. The maximum atomic E-state index is 15.2. The van der Waals surface area contributed by atoms with Gasteiger partial charge in [-0.25, -0.2) is 13.2 Å². The van der Waals surface area contributed by atoms with Crippen LogP contribution in [0.15, 0.2) is 66.7 Å². The smallest absolute Gasteiger partial charge is 0.403 e. The molecule has 0 radical (unpaired) electrons. The third kappa shape index (κ3) is 5.78. The van der Waals surface area contributed by atoms with Crippen molar-refractivity contribution in [3.63, 3.8) is 0 Å². The van der Waals surface area contributed by atoms with Crippen LogP contribution in [0.1, 0.15) is 30.0 Å². The molecule has 0 saturated heterocycles. The molecule has 0 saturated carbocycles. The van der Waals surface area contributed by atoms with E-state index < -0.39 is 23.7 Å². The van der Waals surface area contributed by atoms with Crippen molar-refractivity contribution < 1.29 is 31.1 Å². The van der Waals surface area contributed by atoms with Gasteiger partial charge >= 0.3 is 6.36 Å². The van der Waals surface area contributed by atoms with E-state index in [-0.39, 0.29) is 18.7 Å². The quantitative estimate of drug-likeness (QED) is 0.237. The number of fused-ring (bicyclic) bond motifs is 1. The predicted octanol–water partition coefficient (Wildman–Crippen LogP) is 8.56. The molecular formula is C28H22F6O. The highest BCUT2D eigenvalue weighted by Gasteiger charge is 2.32. The van der Waals surface area contributed by atoms with Gasteiger partial charge in [0.2, 0.25) is 0 Å². The zero-order valence-corrected chi connectivity index (χ0v) is 18.9. The van der Waals surface area contributed by atoms with Gasteiger partial charge in [0.1, 0.15) is 11.6 Å². The maximum absolute atomic E-state index is 15.2. The summed E-state index contributed by atoms with van der Waals surface area (Å²) < 4.78 is 84.3. The third-order valence-corrected chi connectivity index (χ3v) is 5.82. The molecule has 0 atom stereocenters. The molecule has 0 spiro atoms. The molecule has 0 aliphatic heterocycles. The number of halogens is 6. The molecule has 0 bridgehead atoms. The summed E-state index contributed by atoms with van der Waals surface area (Å²) in [6, 6.07) is 16.7. The first-order chi connectivity index (χ1) is 16.6. The summed E-state index contributed by atoms with van der Waals surface area (Å²) in [4.78, 5) is 0. The van der Waals surface area contributed by atoms with Crippen LogP contribution < -0.4 is 4.74 Å². The lowest BCUT2D eigenvalue weighted by molar-refractivity contribution is -0.275. The summed E-state index contributed by atoms with van der Waals surface area (Å²) in [5, 5.41) is 0.981. The molecule has 0 N–H and O–H groups in total. The first kappa shape index (κ1) is 24.6. The van der Waals surface area contributed by atoms with Gasteiger partial charge < -0.3 is 4.74 Å². The molecule has 0 aliphatic rings. The molecule has 35 heavy (non-hydrogen) atoms. The summed E-state index contributed by atoms with van der Waals surface area (Å²) in [6.45, 7) is 2.03. The van der Waals surface area contributed by atoms with Crippen molar-refractivity contribution in [1.29, 1.82) is 0 Å². The molecule has 0 heterocycles. The van der Waals surface area contributed by atoms with Crippen LogP contribution in [0.5, 0.6) is 5.75 Å². The van der Waals surface area contributed by atoms with Crippen molar-refractivity contribution in [3.05, 3.63) is 101 Å². The molecule has 4 aromatic carbocycles. The van der Waals surface area contributed by atoms with Gasteiger partial charge in [-0.05, 0) is 71.2 Å². The standard InChI is InChI=1S/C28H22F6O/c1-2-3-17-5-11-22(24(29)14-17)20-10-12-23-21(16-20)9-8-19(27(23)31)7-4-18-6-13-26(25(30)15-18)35-28(32,33)34/h5-6,8-16H,2-4,7H2,1H3. The molecule has 0 amide bonds. The van der Waals surface area contributed by atoms with E-state index in [0.717, 1.165) is 30.5 Å². The molecule has 7 heteroatoms. The van der Waals surface area contributed by atoms with E-state index in [9.17, 15) is 22.0 Å². The van der Waals surface area contributed by atoms with Crippen LogP contribution in [0.2, 0.25) is 0 Å². The van der Waals surface area contributed by atoms with Gasteiger partial charge in [0.15, 0.2) is 11.6 Å². The molecule has 4 rings (SSSR count). The fourth-order valence-electron chi connectivity index (χ4n) is 4.12. The van der Waals surface area contributed by atoms with Crippen molar-refractivity contribution in [2.75, 3.05) is 0 Å². The molecule has 0 aliphatic carbocycles. The lowest BCUT2D eigenvalue weighted by Gasteiger charge is -2.12. The minimum Gasteiger partial charge on any atom is -0.403 e. The summed E-state index contributed by atoms with van der Waals surface area (Å²) in [5.74, 6) is -2.82. The second kappa shape index (κ2) is 10.0. The van der Waals surface area contributed by atoms with E-state index in [2.05, 4.69) is 4.74 Å². The largest absolute Gasteiger partial charge is 0.573 e. The van der Waals surface area contributed by atoms with E-state index >= 15 is 4.39 Å².